The van der Waals surface area contributed by atoms with Gasteiger partial charge in [0.05, 0.1) is 14.2 Å². The molecule has 0 fully saturated rings. The van der Waals surface area contributed by atoms with Crippen LogP contribution in [0, 0.1) is 0 Å². The molecule has 4 rings (SSSR count). The number of rotatable bonds is 8. The number of hydrogen-bond donors (Lipinski definition) is 2. The summed E-state index contributed by atoms with van der Waals surface area (Å²) in [6.07, 6.45) is 2.11. The van der Waals surface area contributed by atoms with E-state index in [0.717, 1.165) is 34.4 Å². The molecule has 0 spiro atoms. The summed E-state index contributed by atoms with van der Waals surface area (Å²) >= 11 is 3.58. The number of hydrogen-bond acceptors (Lipinski definition) is 6. The van der Waals surface area contributed by atoms with Gasteiger partial charge in [-0.25, -0.2) is 0 Å². The van der Waals surface area contributed by atoms with Gasteiger partial charge >= 0.3 is 0 Å². The first-order valence-electron chi connectivity index (χ1n) is 11.9. The van der Waals surface area contributed by atoms with E-state index < -0.39 is 0 Å². The highest BCUT2D eigenvalue weighted by atomic mass is 32.1. The first-order valence-corrected chi connectivity index (χ1v) is 13.5. The smallest absolute Gasteiger partial charge is 0.160 e. The maximum atomic E-state index is 9.82. The molecule has 6 heteroatoms. The Kier molecular flexibility index (Phi) is 9.62. The molecule has 4 aromatic rings. The fourth-order valence-corrected chi connectivity index (χ4v) is 5.68. The number of aromatic hydroxyl groups is 2. The molecule has 0 saturated heterocycles. The highest BCUT2D eigenvalue weighted by Crippen LogP contribution is 2.35. The Morgan fingerprint density at radius 1 is 0.806 bits per heavy atom. The van der Waals surface area contributed by atoms with Crippen molar-refractivity contribution in [3.63, 3.8) is 0 Å². The monoisotopic (exact) mass is 522 g/mol. The molecule has 0 aliphatic heterocycles. The van der Waals surface area contributed by atoms with Crippen LogP contribution < -0.4 is 9.47 Å². The molecule has 0 aliphatic rings. The van der Waals surface area contributed by atoms with Gasteiger partial charge < -0.3 is 19.7 Å². The molecular formula is C30H34O4S2. The topological polar surface area (TPSA) is 58.9 Å². The van der Waals surface area contributed by atoms with Crippen LogP contribution in [0.3, 0.4) is 0 Å². The Labute approximate surface area is 222 Å². The molecule has 4 nitrogen and oxygen atoms in total. The zero-order valence-electron chi connectivity index (χ0n) is 21.5. The van der Waals surface area contributed by atoms with E-state index >= 15 is 0 Å². The lowest BCUT2D eigenvalue weighted by Gasteiger charge is -2.12. The highest BCUT2D eigenvalue weighted by Gasteiger charge is 2.13. The van der Waals surface area contributed by atoms with Crippen LogP contribution >= 0.6 is 22.7 Å². The molecule has 0 amide bonds. The number of methoxy groups -OCH3 is 2. The Bertz CT molecular complexity index is 1300. The number of phenols is 2. The van der Waals surface area contributed by atoms with E-state index in [-0.39, 0.29) is 11.5 Å². The van der Waals surface area contributed by atoms with Gasteiger partial charge in [-0.3, -0.25) is 0 Å². The summed E-state index contributed by atoms with van der Waals surface area (Å²) in [7, 11) is 3.10. The van der Waals surface area contributed by atoms with Crippen molar-refractivity contribution < 1.29 is 19.7 Å². The van der Waals surface area contributed by atoms with Crippen molar-refractivity contribution in [1.29, 1.82) is 0 Å². The third kappa shape index (κ3) is 6.50. The lowest BCUT2D eigenvalue weighted by molar-refractivity contribution is 0.373. The van der Waals surface area contributed by atoms with E-state index in [2.05, 4.69) is 51.6 Å². The Morgan fingerprint density at radius 2 is 1.39 bits per heavy atom. The van der Waals surface area contributed by atoms with Gasteiger partial charge in [-0.1, -0.05) is 39.5 Å². The summed E-state index contributed by atoms with van der Waals surface area (Å²) in [5.41, 5.74) is 2.95. The largest absolute Gasteiger partial charge is 0.504 e. The van der Waals surface area contributed by atoms with Crippen molar-refractivity contribution in [2.75, 3.05) is 14.2 Å². The fraction of sp³-hybridized carbons (Fsp3) is 0.267. The average molecular weight is 523 g/mol. The van der Waals surface area contributed by atoms with Crippen molar-refractivity contribution >= 4 is 28.2 Å². The van der Waals surface area contributed by atoms with Crippen LogP contribution in [0.15, 0.2) is 67.2 Å². The van der Waals surface area contributed by atoms with Crippen LogP contribution in [0.25, 0.3) is 5.57 Å². The van der Waals surface area contributed by atoms with Gasteiger partial charge in [0.1, 0.15) is 0 Å². The summed E-state index contributed by atoms with van der Waals surface area (Å²) in [6, 6.07) is 19.5. The number of benzene rings is 2. The van der Waals surface area contributed by atoms with Crippen molar-refractivity contribution in [1.82, 2.24) is 0 Å². The maximum Gasteiger partial charge on any atom is 0.160 e. The predicted molar refractivity (Wildman–Crippen MR) is 152 cm³/mol. The normalized spacial score (nSPS) is 11.4. The molecule has 2 aromatic carbocycles. The molecule has 1 atom stereocenters. The molecule has 0 saturated carbocycles. The standard InChI is InChI=1S/C15H18O2S.C15H16O2S/c2*1-4-12-6-8-15(18-12)10(2)11-5-7-14(17-3)13(16)9-11/h5-10,16H,4H2,1-3H3;5-9,16H,2,4H2,1,3H3. The molecule has 36 heavy (non-hydrogen) atoms. The van der Waals surface area contributed by atoms with Crippen LogP contribution in [0.4, 0.5) is 0 Å². The van der Waals surface area contributed by atoms with Gasteiger partial charge in [0.15, 0.2) is 23.0 Å². The molecule has 2 N–H and O–H groups in total. The first kappa shape index (κ1) is 27.4. The van der Waals surface area contributed by atoms with E-state index in [0.29, 0.717) is 17.4 Å². The van der Waals surface area contributed by atoms with Gasteiger partial charge in [-0.2, -0.15) is 0 Å². The number of thiophene rings is 2. The molecule has 190 valence electrons. The quantitative estimate of drug-likeness (QED) is 0.244. The summed E-state index contributed by atoms with van der Waals surface area (Å²) < 4.78 is 10.1. The van der Waals surface area contributed by atoms with Crippen LogP contribution in [-0.2, 0) is 12.8 Å². The first-order chi connectivity index (χ1) is 17.3. The van der Waals surface area contributed by atoms with Crippen LogP contribution in [-0.4, -0.2) is 24.4 Å². The van der Waals surface area contributed by atoms with E-state index in [1.54, 1.807) is 36.6 Å². The fourth-order valence-electron chi connectivity index (χ4n) is 3.71. The summed E-state index contributed by atoms with van der Waals surface area (Å²) in [5, 5.41) is 19.6. The Morgan fingerprint density at radius 3 is 1.92 bits per heavy atom. The van der Waals surface area contributed by atoms with Crippen molar-refractivity contribution in [2.24, 2.45) is 0 Å². The summed E-state index contributed by atoms with van der Waals surface area (Å²) in [5.74, 6) is 1.64. The minimum absolute atomic E-state index is 0.142. The van der Waals surface area contributed by atoms with Gasteiger partial charge in [0.2, 0.25) is 0 Å². The number of aryl methyl sites for hydroxylation is 2. The molecule has 0 radical (unpaired) electrons. The molecule has 0 bridgehead atoms. The van der Waals surface area contributed by atoms with Crippen molar-refractivity contribution in [3.8, 4) is 23.0 Å². The maximum absolute atomic E-state index is 9.82. The molecule has 1 unspecified atom stereocenters. The second-order valence-corrected chi connectivity index (χ2v) is 10.7. The van der Waals surface area contributed by atoms with E-state index in [9.17, 15) is 10.2 Å². The third-order valence-corrected chi connectivity index (χ3v) is 8.70. The van der Waals surface area contributed by atoms with Crippen molar-refractivity contribution in [2.45, 2.75) is 39.5 Å². The second kappa shape index (κ2) is 12.7. The van der Waals surface area contributed by atoms with Gasteiger partial charge in [-0.15, -0.1) is 22.7 Å². The van der Waals surface area contributed by atoms with E-state index in [1.165, 1.54) is 21.7 Å². The number of phenolic OH excluding ortho intramolecular Hbond substituents is 2. The zero-order valence-corrected chi connectivity index (χ0v) is 23.1. The summed E-state index contributed by atoms with van der Waals surface area (Å²) in [4.78, 5) is 5.20. The minimum atomic E-state index is 0.142. The SMILES string of the molecule is C=C(c1ccc(OC)c(O)c1)c1ccc(CC)s1.CCc1ccc(C(C)c2ccc(OC)c(O)c2)s1. The number of ether oxygens (including phenoxy) is 2. The van der Waals surface area contributed by atoms with Crippen molar-refractivity contribution in [3.05, 3.63) is 97.9 Å². The lowest BCUT2D eigenvalue weighted by Crippen LogP contribution is -1.93. The molecule has 2 heterocycles. The Balaban J connectivity index is 0.000000201. The van der Waals surface area contributed by atoms with E-state index in [1.807, 2.05) is 29.5 Å². The molecule has 0 aliphatic carbocycles. The molecule has 2 aromatic heterocycles. The van der Waals surface area contributed by atoms with Gasteiger partial charge in [0, 0.05) is 25.4 Å². The highest BCUT2D eigenvalue weighted by molar-refractivity contribution is 7.13. The summed E-state index contributed by atoms with van der Waals surface area (Å²) in [6.45, 7) is 10.6. The minimum Gasteiger partial charge on any atom is -0.504 e. The van der Waals surface area contributed by atoms with E-state index in [4.69, 9.17) is 9.47 Å². The second-order valence-electron chi connectivity index (χ2n) is 8.30. The van der Waals surface area contributed by atoms with Crippen LogP contribution in [0.2, 0.25) is 0 Å². The van der Waals surface area contributed by atoms with Crippen LogP contribution in [0.5, 0.6) is 23.0 Å². The third-order valence-electron chi connectivity index (χ3n) is 6.00. The Hall–Kier alpha value is -3.22. The zero-order chi connectivity index (χ0) is 26.2. The van der Waals surface area contributed by atoms with Gasteiger partial charge in [0.25, 0.3) is 0 Å². The lowest BCUT2D eigenvalue weighted by atomic mass is 9.99. The molecular weight excluding hydrogens is 488 g/mol. The van der Waals surface area contributed by atoms with Crippen LogP contribution in [0.1, 0.15) is 57.3 Å². The average Bonchev–Trinajstić information content (AvgIpc) is 3.58. The predicted octanol–water partition coefficient (Wildman–Crippen LogP) is 8.26. The van der Waals surface area contributed by atoms with Gasteiger partial charge in [-0.05, 0) is 78.1 Å².